The molecule has 0 amide bonds. The van der Waals surface area contributed by atoms with Gasteiger partial charge in [0.25, 0.3) is 0 Å². The molecule has 0 atom stereocenters. The first kappa shape index (κ1) is 16.9. The summed E-state index contributed by atoms with van der Waals surface area (Å²) in [6, 6.07) is 38.8. The normalized spacial score (nSPS) is 11.3. The predicted octanol–water partition coefficient (Wildman–Crippen LogP) is 7.88. The van der Waals surface area contributed by atoms with Gasteiger partial charge in [0.1, 0.15) is 0 Å². The molecule has 0 N–H and O–H groups in total. The molecular weight excluding hydrogens is 362 g/mol. The van der Waals surface area contributed by atoms with Crippen LogP contribution in [0.5, 0.6) is 0 Å². The molecule has 30 heavy (non-hydrogen) atoms. The molecule has 0 saturated carbocycles. The van der Waals surface area contributed by atoms with Crippen molar-refractivity contribution in [2.24, 2.45) is 0 Å². The van der Waals surface area contributed by atoms with Crippen molar-refractivity contribution in [2.45, 2.75) is 0 Å². The fourth-order valence-electron chi connectivity index (χ4n) is 4.43. The number of nitrogens with zero attached hydrogens (tertiary/aromatic N) is 1. The van der Waals surface area contributed by atoms with E-state index < -0.39 is 0 Å². The number of aromatic nitrogens is 1. The van der Waals surface area contributed by atoms with Crippen molar-refractivity contribution < 1.29 is 0 Å². The van der Waals surface area contributed by atoms with E-state index >= 15 is 0 Å². The summed E-state index contributed by atoms with van der Waals surface area (Å²) in [5.41, 5.74) is 4.62. The molecule has 6 rings (SSSR count). The summed E-state index contributed by atoms with van der Waals surface area (Å²) in [5, 5.41) is 7.56. The molecule has 0 aliphatic rings. The molecule has 1 aromatic heterocycles. The van der Waals surface area contributed by atoms with Gasteiger partial charge in [-0.3, -0.25) is 4.98 Å². The smallest absolute Gasteiger partial charge is 0.0780 e. The molecule has 5 aromatic carbocycles. The third-order valence-corrected chi connectivity index (χ3v) is 5.93. The molecule has 0 aliphatic heterocycles. The Hall–Kier alpha value is -3.97. The van der Waals surface area contributed by atoms with Crippen molar-refractivity contribution in [3.05, 3.63) is 115 Å². The summed E-state index contributed by atoms with van der Waals surface area (Å²) < 4.78 is 0. The maximum atomic E-state index is 4.75. The van der Waals surface area contributed by atoms with Crippen LogP contribution >= 0.6 is 0 Å². The number of fused-ring (bicyclic) bond motifs is 5. The van der Waals surface area contributed by atoms with Crippen molar-refractivity contribution >= 4 is 32.3 Å². The second-order valence-electron chi connectivity index (χ2n) is 7.65. The van der Waals surface area contributed by atoms with Crippen LogP contribution in [0.15, 0.2) is 115 Å². The Morgan fingerprint density at radius 2 is 0.967 bits per heavy atom. The van der Waals surface area contributed by atoms with Crippen LogP contribution in [0.4, 0.5) is 0 Å². The van der Waals surface area contributed by atoms with Crippen LogP contribution in [0.1, 0.15) is 0 Å². The van der Waals surface area contributed by atoms with Crippen molar-refractivity contribution in [1.29, 1.82) is 0 Å². The molecule has 1 heterocycles. The summed E-state index contributed by atoms with van der Waals surface area (Å²) >= 11 is 0. The van der Waals surface area contributed by atoms with Crippen molar-refractivity contribution in [1.82, 2.24) is 4.98 Å². The topological polar surface area (TPSA) is 12.9 Å². The summed E-state index contributed by atoms with van der Waals surface area (Å²) in [5.74, 6) is 0. The molecule has 6 aromatic rings. The Balaban J connectivity index is 1.53. The molecule has 0 aliphatic carbocycles. The highest BCUT2D eigenvalue weighted by atomic mass is 14.7. The SMILES string of the molecule is c1ccc(-c2ccc(-c3nccc4c3ccc3c5ccccc5ccc43)cc2)cc1. The molecular formula is C29H19N. The van der Waals surface area contributed by atoms with Gasteiger partial charge in [0.05, 0.1) is 5.69 Å². The summed E-state index contributed by atoms with van der Waals surface area (Å²) in [7, 11) is 0. The van der Waals surface area contributed by atoms with Crippen molar-refractivity contribution in [3.63, 3.8) is 0 Å². The largest absolute Gasteiger partial charge is 0.256 e. The predicted molar refractivity (Wildman–Crippen MR) is 128 cm³/mol. The second kappa shape index (κ2) is 6.82. The standard InChI is InChI=1S/C29H19N/c1-2-6-20(7-3-1)21-10-12-23(13-11-21)29-28-17-16-25-24-9-5-4-8-22(24)14-15-26(25)27(28)18-19-30-29/h1-19H. The van der Waals surface area contributed by atoms with Crippen LogP contribution in [0.3, 0.4) is 0 Å². The minimum absolute atomic E-state index is 1.03. The van der Waals surface area contributed by atoms with Gasteiger partial charge in [-0.15, -0.1) is 0 Å². The van der Waals surface area contributed by atoms with Gasteiger partial charge in [-0.2, -0.15) is 0 Å². The molecule has 0 saturated heterocycles. The first-order chi connectivity index (χ1) is 14.9. The Kier molecular flexibility index (Phi) is 3.85. The van der Waals surface area contributed by atoms with E-state index in [2.05, 4.69) is 103 Å². The van der Waals surface area contributed by atoms with Crippen molar-refractivity contribution in [3.8, 4) is 22.4 Å². The zero-order valence-electron chi connectivity index (χ0n) is 16.4. The summed E-state index contributed by atoms with van der Waals surface area (Å²) in [6.45, 7) is 0. The fourth-order valence-corrected chi connectivity index (χ4v) is 4.43. The van der Waals surface area contributed by atoms with E-state index in [0.29, 0.717) is 0 Å². The molecule has 0 spiro atoms. The average molecular weight is 381 g/mol. The summed E-state index contributed by atoms with van der Waals surface area (Å²) in [4.78, 5) is 4.75. The molecule has 1 nitrogen and oxygen atoms in total. The highest BCUT2D eigenvalue weighted by molar-refractivity contribution is 6.18. The van der Waals surface area contributed by atoms with Crippen LogP contribution in [-0.4, -0.2) is 4.98 Å². The van der Waals surface area contributed by atoms with Gasteiger partial charge >= 0.3 is 0 Å². The Morgan fingerprint density at radius 1 is 0.367 bits per heavy atom. The van der Waals surface area contributed by atoms with Gasteiger partial charge in [0, 0.05) is 17.1 Å². The fraction of sp³-hybridized carbons (Fsp3) is 0. The quantitative estimate of drug-likeness (QED) is 0.278. The molecule has 0 unspecified atom stereocenters. The number of pyridine rings is 1. The molecule has 0 fully saturated rings. The number of benzene rings is 5. The first-order valence-electron chi connectivity index (χ1n) is 10.2. The zero-order valence-corrected chi connectivity index (χ0v) is 16.4. The van der Waals surface area contributed by atoms with Crippen LogP contribution in [0.25, 0.3) is 54.7 Å². The number of hydrogen-bond acceptors (Lipinski definition) is 1. The number of rotatable bonds is 2. The van der Waals surface area contributed by atoms with Gasteiger partial charge in [0.2, 0.25) is 0 Å². The van der Waals surface area contributed by atoms with Gasteiger partial charge in [-0.05, 0) is 44.1 Å². The van der Waals surface area contributed by atoms with E-state index in [9.17, 15) is 0 Å². The first-order valence-corrected chi connectivity index (χ1v) is 10.2. The lowest BCUT2D eigenvalue weighted by Crippen LogP contribution is -1.88. The Labute approximate surface area is 175 Å². The van der Waals surface area contributed by atoms with Crippen LogP contribution in [0.2, 0.25) is 0 Å². The van der Waals surface area contributed by atoms with Crippen molar-refractivity contribution in [2.75, 3.05) is 0 Å². The maximum absolute atomic E-state index is 4.75. The Morgan fingerprint density at radius 3 is 1.83 bits per heavy atom. The van der Waals surface area contributed by atoms with Crippen LogP contribution in [-0.2, 0) is 0 Å². The monoisotopic (exact) mass is 381 g/mol. The molecule has 0 bridgehead atoms. The van der Waals surface area contributed by atoms with E-state index in [1.165, 1.54) is 43.4 Å². The van der Waals surface area contributed by atoms with Gasteiger partial charge in [-0.1, -0.05) is 103 Å². The van der Waals surface area contributed by atoms with E-state index in [-0.39, 0.29) is 0 Å². The molecule has 140 valence electrons. The van der Waals surface area contributed by atoms with E-state index in [1.54, 1.807) is 0 Å². The average Bonchev–Trinajstić information content (AvgIpc) is 2.84. The van der Waals surface area contributed by atoms with E-state index in [0.717, 1.165) is 11.3 Å². The Bertz CT molecular complexity index is 1510. The van der Waals surface area contributed by atoms with Gasteiger partial charge in [0.15, 0.2) is 0 Å². The second-order valence-corrected chi connectivity index (χ2v) is 7.65. The summed E-state index contributed by atoms with van der Waals surface area (Å²) in [6.07, 6.45) is 1.93. The minimum atomic E-state index is 1.03. The van der Waals surface area contributed by atoms with Crippen LogP contribution < -0.4 is 0 Å². The highest BCUT2D eigenvalue weighted by Crippen LogP contribution is 2.35. The highest BCUT2D eigenvalue weighted by Gasteiger charge is 2.10. The van der Waals surface area contributed by atoms with Crippen LogP contribution in [0, 0.1) is 0 Å². The van der Waals surface area contributed by atoms with Gasteiger partial charge < -0.3 is 0 Å². The lowest BCUT2D eigenvalue weighted by Gasteiger charge is -2.11. The number of hydrogen-bond donors (Lipinski definition) is 0. The maximum Gasteiger partial charge on any atom is 0.0780 e. The van der Waals surface area contributed by atoms with E-state index in [4.69, 9.17) is 4.98 Å². The van der Waals surface area contributed by atoms with Gasteiger partial charge in [-0.25, -0.2) is 0 Å². The third kappa shape index (κ3) is 2.67. The lowest BCUT2D eigenvalue weighted by atomic mass is 9.95. The molecule has 1 heteroatoms. The lowest BCUT2D eigenvalue weighted by molar-refractivity contribution is 1.36. The minimum Gasteiger partial charge on any atom is -0.256 e. The zero-order chi connectivity index (χ0) is 19.9. The van der Waals surface area contributed by atoms with E-state index in [1.807, 2.05) is 12.3 Å². The third-order valence-electron chi connectivity index (χ3n) is 5.93. The molecule has 0 radical (unpaired) electrons.